The number of hydrogen-bond acceptors (Lipinski definition) is 4. The molecule has 0 atom stereocenters. The average Bonchev–Trinajstić information content (AvgIpc) is 3.83. The van der Waals surface area contributed by atoms with Crippen LogP contribution in [0.5, 0.6) is 0 Å². The highest BCUT2D eigenvalue weighted by Gasteiger charge is 2.20. The van der Waals surface area contributed by atoms with Gasteiger partial charge in [-0.1, -0.05) is 109 Å². The van der Waals surface area contributed by atoms with E-state index in [1.54, 1.807) is 0 Å². The molecule has 0 aliphatic rings. The van der Waals surface area contributed by atoms with Crippen LogP contribution < -0.4 is 0 Å². The van der Waals surface area contributed by atoms with E-state index in [9.17, 15) is 0 Å². The lowest BCUT2D eigenvalue weighted by atomic mass is 9.98. The fourth-order valence-corrected chi connectivity index (χ4v) is 7.73. The van der Waals surface area contributed by atoms with Gasteiger partial charge in [0.25, 0.3) is 0 Å². The predicted octanol–water partition coefficient (Wildman–Crippen LogP) is 10.5. The zero-order valence-electron chi connectivity index (χ0n) is 26.7. The van der Waals surface area contributed by atoms with Gasteiger partial charge in [0, 0.05) is 49.6 Å². The molecule has 5 aromatic heterocycles. The van der Waals surface area contributed by atoms with Gasteiger partial charge in [0.1, 0.15) is 5.65 Å². The Labute approximate surface area is 285 Å². The van der Waals surface area contributed by atoms with Crippen molar-refractivity contribution in [2.75, 3.05) is 0 Å². The fourth-order valence-electron chi connectivity index (χ4n) is 7.73. The van der Waals surface area contributed by atoms with Crippen LogP contribution in [0.3, 0.4) is 0 Å². The van der Waals surface area contributed by atoms with Crippen LogP contribution in [0.2, 0.25) is 0 Å². The van der Waals surface area contributed by atoms with Crippen molar-refractivity contribution in [3.63, 3.8) is 0 Å². The van der Waals surface area contributed by atoms with Crippen LogP contribution in [0.15, 0.2) is 158 Å². The molecule has 11 aromatic rings. The summed E-state index contributed by atoms with van der Waals surface area (Å²) < 4.78 is 4.46. The summed E-state index contributed by atoms with van der Waals surface area (Å²) in [5.41, 5.74) is 9.65. The molecule has 0 spiro atoms. The van der Waals surface area contributed by atoms with Gasteiger partial charge in [-0.25, -0.2) is 9.97 Å². The number of rotatable bonds is 4. The van der Waals surface area contributed by atoms with Crippen molar-refractivity contribution in [2.24, 2.45) is 0 Å². The summed E-state index contributed by atoms with van der Waals surface area (Å²) in [4.78, 5) is 20.0. The topological polar surface area (TPSA) is 60.9 Å². The summed E-state index contributed by atoms with van der Waals surface area (Å²) in [6, 6.07) is 53.0. The van der Waals surface area contributed by atoms with Gasteiger partial charge in [-0.05, 0) is 53.6 Å². The Hall–Kier alpha value is -6.92. The second-order valence-electron chi connectivity index (χ2n) is 12.7. The standard InChI is InChI=1S/C44H26N6/c1-2-11-28(12-3-1)41-46-42(48-44(47-41)49-37-17-7-4-13-31(37)32-14-5-8-18-38(32)49)29-22-20-27(21-23-29)30-25-35-33-15-6-9-19-39(33)50-40(35)36(26-30)34-16-10-24-45-43(34)50/h1-26H. The first-order valence-electron chi connectivity index (χ1n) is 16.7. The molecule has 11 rings (SSSR count). The third-order valence-electron chi connectivity index (χ3n) is 9.97. The lowest BCUT2D eigenvalue weighted by Crippen LogP contribution is -2.06. The molecule has 6 nitrogen and oxygen atoms in total. The van der Waals surface area contributed by atoms with Crippen LogP contribution in [0.25, 0.3) is 99.9 Å². The van der Waals surface area contributed by atoms with E-state index < -0.39 is 0 Å². The molecule has 6 aromatic carbocycles. The molecule has 0 aliphatic carbocycles. The Morgan fingerprint density at radius 3 is 1.58 bits per heavy atom. The molecular formula is C44H26N6. The SMILES string of the molecule is c1ccc(-c2nc(-c3ccc(-c4cc5c6ccccc6n6c7ncccc7c(c4)c56)cc3)nc(-n3c4ccccc4c4ccccc43)n2)cc1. The summed E-state index contributed by atoms with van der Waals surface area (Å²) in [7, 11) is 0. The maximum absolute atomic E-state index is 5.13. The van der Waals surface area contributed by atoms with Gasteiger partial charge < -0.3 is 0 Å². The first kappa shape index (κ1) is 27.1. The van der Waals surface area contributed by atoms with Crippen LogP contribution in [0.4, 0.5) is 0 Å². The van der Waals surface area contributed by atoms with Gasteiger partial charge in [-0.2, -0.15) is 9.97 Å². The van der Waals surface area contributed by atoms with Gasteiger partial charge in [0.2, 0.25) is 5.95 Å². The molecule has 0 unspecified atom stereocenters. The lowest BCUT2D eigenvalue weighted by Gasteiger charge is -2.11. The highest BCUT2D eigenvalue weighted by Crippen LogP contribution is 2.41. The molecule has 232 valence electrons. The number of benzene rings is 6. The normalized spacial score (nSPS) is 12.0. The molecule has 0 saturated heterocycles. The molecule has 0 N–H and O–H groups in total. The van der Waals surface area contributed by atoms with Gasteiger partial charge >= 0.3 is 0 Å². The van der Waals surface area contributed by atoms with E-state index in [1.165, 1.54) is 27.2 Å². The van der Waals surface area contributed by atoms with E-state index in [-0.39, 0.29) is 0 Å². The second kappa shape index (κ2) is 10.3. The summed E-state index contributed by atoms with van der Waals surface area (Å²) in [6.07, 6.45) is 1.88. The Morgan fingerprint density at radius 2 is 0.900 bits per heavy atom. The van der Waals surface area contributed by atoms with Gasteiger partial charge in [-0.3, -0.25) is 8.97 Å². The van der Waals surface area contributed by atoms with E-state index in [0.29, 0.717) is 17.6 Å². The molecular weight excluding hydrogens is 613 g/mol. The van der Waals surface area contributed by atoms with Gasteiger partial charge in [0.05, 0.1) is 22.1 Å². The summed E-state index contributed by atoms with van der Waals surface area (Å²) >= 11 is 0. The summed E-state index contributed by atoms with van der Waals surface area (Å²) in [5, 5.41) is 7.16. The first-order valence-corrected chi connectivity index (χ1v) is 16.7. The molecule has 0 saturated carbocycles. The quantitative estimate of drug-likeness (QED) is 0.192. The van der Waals surface area contributed by atoms with Gasteiger partial charge in [0.15, 0.2) is 11.6 Å². The Morgan fingerprint density at radius 1 is 0.380 bits per heavy atom. The molecule has 0 bridgehead atoms. The third-order valence-corrected chi connectivity index (χ3v) is 9.97. The minimum absolute atomic E-state index is 0.590. The van der Waals surface area contributed by atoms with Crippen molar-refractivity contribution in [1.29, 1.82) is 0 Å². The molecule has 50 heavy (non-hydrogen) atoms. The largest absolute Gasteiger partial charge is 0.293 e. The fraction of sp³-hybridized carbons (Fsp3) is 0. The van der Waals surface area contributed by atoms with E-state index in [1.807, 2.05) is 42.6 Å². The molecule has 0 fully saturated rings. The number of para-hydroxylation sites is 3. The second-order valence-corrected chi connectivity index (χ2v) is 12.7. The highest BCUT2D eigenvalue weighted by molar-refractivity contribution is 6.23. The van der Waals surface area contributed by atoms with Crippen LogP contribution in [-0.4, -0.2) is 28.9 Å². The molecule has 0 aliphatic heterocycles. The van der Waals surface area contributed by atoms with Crippen molar-refractivity contribution >= 4 is 60.0 Å². The third kappa shape index (κ3) is 3.84. The number of nitrogens with zero attached hydrogens (tertiary/aromatic N) is 6. The van der Waals surface area contributed by atoms with Crippen molar-refractivity contribution < 1.29 is 0 Å². The maximum Gasteiger partial charge on any atom is 0.238 e. The Bertz CT molecular complexity index is 2950. The summed E-state index contributed by atoms with van der Waals surface area (Å²) in [6.45, 7) is 0. The zero-order chi connectivity index (χ0) is 32.8. The van der Waals surface area contributed by atoms with E-state index in [2.05, 4.69) is 124 Å². The number of pyridine rings is 1. The van der Waals surface area contributed by atoms with Crippen LogP contribution in [0, 0.1) is 0 Å². The Balaban J connectivity index is 1.09. The monoisotopic (exact) mass is 638 g/mol. The van der Waals surface area contributed by atoms with E-state index in [4.69, 9.17) is 19.9 Å². The molecule has 5 heterocycles. The lowest BCUT2D eigenvalue weighted by molar-refractivity contribution is 0.953. The number of fused-ring (bicyclic) bond motifs is 9. The predicted molar refractivity (Wildman–Crippen MR) is 203 cm³/mol. The first-order chi connectivity index (χ1) is 24.8. The smallest absolute Gasteiger partial charge is 0.238 e. The van der Waals surface area contributed by atoms with E-state index in [0.717, 1.165) is 55.1 Å². The highest BCUT2D eigenvalue weighted by atomic mass is 15.2. The van der Waals surface area contributed by atoms with Crippen molar-refractivity contribution in [1.82, 2.24) is 28.9 Å². The van der Waals surface area contributed by atoms with Gasteiger partial charge in [-0.15, -0.1) is 0 Å². The van der Waals surface area contributed by atoms with E-state index >= 15 is 0 Å². The molecule has 0 radical (unpaired) electrons. The maximum atomic E-state index is 5.13. The van der Waals surface area contributed by atoms with Crippen molar-refractivity contribution in [2.45, 2.75) is 0 Å². The van der Waals surface area contributed by atoms with Crippen molar-refractivity contribution in [3.8, 4) is 39.9 Å². The molecule has 6 heteroatoms. The molecule has 0 amide bonds. The average molecular weight is 639 g/mol. The number of aromatic nitrogens is 6. The van der Waals surface area contributed by atoms with Crippen molar-refractivity contribution in [3.05, 3.63) is 158 Å². The van der Waals surface area contributed by atoms with Crippen LogP contribution in [-0.2, 0) is 0 Å². The zero-order valence-corrected chi connectivity index (χ0v) is 26.7. The van der Waals surface area contributed by atoms with Crippen LogP contribution >= 0.6 is 0 Å². The minimum Gasteiger partial charge on any atom is -0.293 e. The minimum atomic E-state index is 0.590. The Kier molecular flexibility index (Phi) is 5.57. The summed E-state index contributed by atoms with van der Waals surface area (Å²) in [5.74, 6) is 1.85. The number of hydrogen-bond donors (Lipinski definition) is 0. The van der Waals surface area contributed by atoms with Crippen LogP contribution in [0.1, 0.15) is 0 Å².